The SMILES string of the molecule is O=C(O)CCc1ccc(C2CCNC2)cc1. The molecule has 0 saturated carbocycles. The fraction of sp³-hybridized carbons (Fsp3) is 0.462. The number of rotatable bonds is 4. The zero-order chi connectivity index (χ0) is 11.4. The molecule has 0 aromatic heterocycles. The van der Waals surface area contributed by atoms with Gasteiger partial charge in [-0.05, 0) is 36.4 Å². The van der Waals surface area contributed by atoms with E-state index in [1.165, 1.54) is 12.0 Å². The second kappa shape index (κ2) is 5.12. The van der Waals surface area contributed by atoms with Crippen LogP contribution in [0.4, 0.5) is 0 Å². The van der Waals surface area contributed by atoms with Gasteiger partial charge in [0, 0.05) is 13.0 Å². The van der Waals surface area contributed by atoms with Gasteiger partial charge in [0.25, 0.3) is 0 Å². The van der Waals surface area contributed by atoms with Crippen LogP contribution in [0.1, 0.15) is 29.9 Å². The van der Waals surface area contributed by atoms with Crippen LogP contribution in [-0.4, -0.2) is 24.2 Å². The summed E-state index contributed by atoms with van der Waals surface area (Å²) in [5.41, 5.74) is 2.47. The van der Waals surface area contributed by atoms with E-state index in [0.717, 1.165) is 18.7 Å². The maximum absolute atomic E-state index is 10.4. The van der Waals surface area contributed by atoms with Gasteiger partial charge in [0.2, 0.25) is 0 Å². The lowest BCUT2D eigenvalue weighted by Crippen LogP contribution is -2.07. The monoisotopic (exact) mass is 219 g/mol. The number of carboxylic acids is 1. The Morgan fingerprint density at radius 1 is 1.38 bits per heavy atom. The molecule has 1 aliphatic heterocycles. The minimum atomic E-state index is -0.732. The molecule has 3 heteroatoms. The van der Waals surface area contributed by atoms with Crippen molar-refractivity contribution in [1.29, 1.82) is 0 Å². The Morgan fingerprint density at radius 2 is 2.12 bits per heavy atom. The van der Waals surface area contributed by atoms with Crippen molar-refractivity contribution in [3.8, 4) is 0 Å². The van der Waals surface area contributed by atoms with Crippen molar-refractivity contribution in [3.05, 3.63) is 35.4 Å². The number of carbonyl (C=O) groups is 1. The van der Waals surface area contributed by atoms with Crippen molar-refractivity contribution in [2.45, 2.75) is 25.2 Å². The fourth-order valence-corrected chi connectivity index (χ4v) is 2.15. The van der Waals surface area contributed by atoms with Crippen LogP contribution in [0.5, 0.6) is 0 Å². The fourth-order valence-electron chi connectivity index (χ4n) is 2.15. The summed E-state index contributed by atoms with van der Waals surface area (Å²) >= 11 is 0. The topological polar surface area (TPSA) is 49.3 Å². The second-order valence-corrected chi connectivity index (χ2v) is 4.33. The highest BCUT2D eigenvalue weighted by Crippen LogP contribution is 2.22. The van der Waals surface area contributed by atoms with E-state index in [0.29, 0.717) is 12.3 Å². The molecule has 1 unspecified atom stereocenters. The van der Waals surface area contributed by atoms with Gasteiger partial charge >= 0.3 is 5.97 Å². The van der Waals surface area contributed by atoms with E-state index in [1.807, 2.05) is 0 Å². The van der Waals surface area contributed by atoms with Crippen LogP contribution in [0, 0.1) is 0 Å². The number of aryl methyl sites for hydroxylation is 1. The highest BCUT2D eigenvalue weighted by atomic mass is 16.4. The molecule has 1 aromatic rings. The first-order valence-corrected chi connectivity index (χ1v) is 5.77. The minimum Gasteiger partial charge on any atom is -0.481 e. The summed E-state index contributed by atoms with van der Waals surface area (Å²) in [6.07, 6.45) is 2.04. The quantitative estimate of drug-likeness (QED) is 0.811. The molecule has 0 aliphatic carbocycles. The van der Waals surface area contributed by atoms with Crippen molar-refractivity contribution >= 4 is 5.97 Å². The summed E-state index contributed by atoms with van der Waals surface area (Å²) in [5, 5.41) is 11.9. The lowest BCUT2D eigenvalue weighted by Gasteiger charge is -2.09. The first kappa shape index (κ1) is 11.1. The maximum Gasteiger partial charge on any atom is 0.303 e. The van der Waals surface area contributed by atoms with Crippen LogP contribution in [0.3, 0.4) is 0 Å². The first-order valence-electron chi connectivity index (χ1n) is 5.77. The molecule has 2 N–H and O–H groups in total. The molecule has 3 nitrogen and oxygen atoms in total. The van der Waals surface area contributed by atoms with Gasteiger partial charge in [-0.25, -0.2) is 0 Å². The molecule has 1 fully saturated rings. The second-order valence-electron chi connectivity index (χ2n) is 4.33. The van der Waals surface area contributed by atoms with E-state index in [-0.39, 0.29) is 6.42 Å². The third kappa shape index (κ3) is 2.83. The Hall–Kier alpha value is -1.35. The van der Waals surface area contributed by atoms with E-state index in [1.54, 1.807) is 0 Å². The third-order valence-corrected chi connectivity index (χ3v) is 3.14. The summed E-state index contributed by atoms with van der Waals surface area (Å²) in [7, 11) is 0. The van der Waals surface area contributed by atoms with Gasteiger partial charge in [-0.1, -0.05) is 24.3 Å². The molecule has 1 atom stereocenters. The van der Waals surface area contributed by atoms with E-state index >= 15 is 0 Å². The Morgan fingerprint density at radius 3 is 2.69 bits per heavy atom. The average Bonchev–Trinajstić information content (AvgIpc) is 2.80. The molecular weight excluding hydrogens is 202 g/mol. The number of aliphatic carboxylic acids is 1. The van der Waals surface area contributed by atoms with Crippen LogP contribution in [0.25, 0.3) is 0 Å². The molecular formula is C13H17NO2. The van der Waals surface area contributed by atoms with Gasteiger partial charge in [-0.15, -0.1) is 0 Å². The standard InChI is InChI=1S/C13H17NO2/c15-13(16)6-3-10-1-4-11(5-2-10)12-7-8-14-9-12/h1-2,4-5,12,14H,3,6-9H2,(H,15,16). The lowest BCUT2D eigenvalue weighted by atomic mass is 9.96. The van der Waals surface area contributed by atoms with E-state index in [4.69, 9.17) is 5.11 Å². The van der Waals surface area contributed by atoms with Crippen LogP contribution in [-0.2, 0) is 11.2 Å². The Balaban J connectivity index is 1.95. The maximum atomic E-state index is 10.4. The van der Waals surface area contributed by atoms with Crippen LogP contribution in [0.2, 0.25) is 0 Å². The Bertz CT molecular complexity index is 353. The van der Waals surface area contributed by atoms with Crippen molar-refractivity contribution in [1.82, 2.24) is 5.32 Å². The zero-order valence-corrected chi connectivity index (χ0v) is 9.28. The zero-order valence-electron chi connectivity index (χ0n) is 9.28. The summed E-state index contributed by atoms with van der Waals surface area (Å²) < 4.78 is 0. The number of hydrogen-bond acceptors (Lipinski definition) is 2. The molecule has 0 radical (unpaired) electrons. The minimum absolute atomic E-state index is 0.213. The van der Waals surface area contributed by atoms with Gasteiger partial charge in [0.15, 0.2) is 0 Å². The van der Waals surface area contributed by atoms with Crippen LogP contribution in [0.15, 0.2) is 24.3 Å². The molecule has 0 bridgehead atoms. The molecule has 1 aliphatic rings. The van der Waals surface area contributed by atoms with Crippen molar-refractivity contribution in [2.75, 3.05) is 13.1 Å². The summed E-state index contributed by atoms with van der Waals surface area (Å²) in [5.74, 6) is -0.0995. The predicted octanol–water partition coefficient (Wildman–Crippen LogP) is 1.78. The van der Waals surface area contributed by atoms with Gasteiger partial charge in [0.1, 0.15) is 0 Å². The van der Waals surface area contributed by atoms with E-state index in [2.05, 4.69) is 29.6 Å². The highest BCUT2D eigenvalue weighted by Gasteiger charge is 2.15. The van der Waals surface area contributed by atoms with Crippen LogP contribution < -0.4 is 5.32 Å². The molecule has 2 rings (SSSR count). The lowest BCUT2D eigenvalue weighted by molar-refractivity contribution is -0.136. The molecule has 1 aromatic carbocycles. The molecule has 16 heavy (non-hydrogen) atoms. The van der Waals surface area contributed by atoms with Crippen molar-refractivity contribution in [3.63, 3.8) is 0 Å². The molecule has 1 saturated heterocycles. The third-order valence-electron chi connectivity index (χ3n) is 3.14. The Labute approximate surface area is 95.5 Å². The molecule has 86 valence electrons. The summed E-state index contributed by atoms with van der Waals surface area (Å²) in [4.78, 5) is 10.4. The Kier molecular flexibility index (Phi) is 3.57. The van der Waals surface area contributed by atoms with Crippen molar-refractivity contribution < 1.29 is 9.90 Å². The normalized spacial score (nSPS) is 19.9. The van der Waals surface area contributed by atoms with E-state index in [9.17, 15) is 4.79 Å². The van der Waals surface area contributed by atoms with Gasteiger partial charge < -0.3 is 10.4 Å². The van der Waals surface area contributed by atoms with Crippen molar-refractivity contribution in [2.24, 2.45) is 0 Å². The van der Waals surface area contributed by atoms with Gasteiger partial charge in [-0.3, -0.25) is 4.79 Å². The number of hydrogen-bond donors (Lipinski definition) is 2. The highest BCUT2D eigenvalue weighted by molar-refractivity contribution is 5.67. The number of carboxylic acid groups (broad SMARTS) is 1. The van der Waals surface area contributed by atoms with Gasteiger partial charge in [0.05, 0.1) is 0 Å². The number of benzene rings is 1. The smallest absolute Gasteiger partial charge is 0.303 e. The van der Waals surface area contributed by atoms with Crippen LogP contribution >= 0.6 is 0 Å². The summed E-state index contributed by atoms with van der Waals surface area (Å²) in [6.45, 7) is 2.17. The summed E-state index contributed by atoms with van der Waals surface area (Å²) in [6, 6.07) is 8.37. The van der Waals surface area contributed by atoms with E-state index < -0.39 is 5.97 Å². The molecule has 1 heterocycles. The largest absolute Gasteiger partial charge is 0.481 e. The number of nitrogens with one attached hydrogen (secondary N) is 1. The molecule has 0 amide bonds. The molecule has 0 spiro atoms. The van der Waals surface area contributed by atoms with Gasteiger partial charge in [-0.2, -0.15) is 0 Å². The average molecular weight is 219 g/mol. The predicted molar refractivity (Wildman–Crippen MR) is 62.6 cm³/mol. The first-order chi connectivity index (χ1) is 7.75.